The number of rotatable bonds is 6. The molecule has 2 aliphatic heterocycles. The summed E-state index contributed by atoms with van der Waals surface area (Å²) in [6.45, 7) is 4.17. The number of carbonyl (C=O) groups excluding carboxylic acids is 1. The number of nitrogens with zero attached hydrogens (tertiary/aromatic N) is 3. The summed E-state index contributed by atoms with van der Waals surface area (Å²) in [5, 5.41) is 11.4. The van der Waals surface area contributed by atoms with Crippen molar-refractivity contribution in [3.8, 4) is 5.75 Å². The number of fused-ring (bicyclic) bond motifs is 2. The molecule has 1 atom stereocenters. The minimum atomic E-state index is -0.571. The number of para-hydroxylation sites is 1. The molecule has 0 spiro atoms. The molecule has 3 aromatic rings. The summed E-state index contributed by atoms with van der Waals surface area (Å²) >= 11 is 5.00. The van der Waals surface area contributed by atoms with E-state index in [2.05, 4.69) is 27.8 Å². The predicted molar refractivity (Wildman–Crippen MR) is 138 cm³/mol. The molecular weight excluding hydrogens is 512 g/mol. The van der Waals surface area contributed by atoms with Gasteiger partial charge in [-0.05, 0) is 29.8 Å². The quantitative estimate of drug-likeness (QED) is 0.485. The molecule has 1 amide bonds. The van der Waals surface area contributed by atoms with E-state index in [4.69, 9.17) is 14.8 Å². The number of thioether (sulfide) groups is 1. The molecule has 0 aromatic heterocycles. The molecule has 5 rings (SSSR count). The fraction of sp³-hybridized carbons (Fsp3) is 0.115. The van der Waals surface area contributed by atoms with Gasteiger partial charge in [0, 0.05) is 21.0 Å². The van der Waals surface area contributed by atoms with E-state index in [0.717, 1.165) is 26.2 Å². The van der Waals surface area contributed by atoms with Crippen LogP contribution in [0.5, 0.6) is 5.75 Å². The fourth-order valence-electron chi connectivity index (χ4n) is 3.82. The third-order valence-electron chi connectivity index (χ3n) is 5.34. The van der Waals surface area contributed by atoms with Crippen LogP contribution < -0.4 is 20.6 Å². The van der Waals surface area contributed by atoms with E-state index in [1.54, 1.807) is 11.1 Å². The predicted octanol–water partition coefficient (Wildman–Crippen LogP) is 4.09. The van der Waals surface area contributed by atoms with Crippen LogP contribution in [-0.4, -0.2) is 21.8 Å². The van der Waals surface area contributed by atoms with Crippen molar-refractivity contribution in [3.05, 3.63) is 112 Å². The largest absolute Gasteiger partial charge is 0.488 e. The van der Waals surface area contributed by atoms with Gasteiger partial charge in [-0.1, -0.05) is 82.3 Å². The molecule has 34 heavy (non-hydrogen) atoms. The summed E-state index contributed by atoms with van der Waals surface area (Å²) in [5.41, 5.74) is 2.34. The van der Waals surface area contributed by atoms with Crippen molar-refractivity contribution < 1.29 is 9.53 Å². The molecule has 0 aliphatic carbocycles. The Labute approximate surface area is 209 Å². The lowest BCUT2D eigenvalue weighted by Gasteiger charge is -2.34. The monoisotopic (exact) mass is 532 g/mol. The summed E-state index contributed by atoms with van der Waals surface area (Å²) in [6.07, 6.45) is 1.20. The maximum Gasteiger partial charge on any atom is 0.276 e. The van der Waals surface area contributed by atoms with Crippen molar-refractivity contribution in [2.24, 2.45) is 10.1 Å². The van der Waals surface area contributed by atoms with Crippen LogP contribution in [0.25, 0.3) is 5.70 Å². The number of hydrazone groups is 1. The number of hydrogen-bond donors (Lipinski definition) is 1. The second kappa shape index (κ2) is 9.87. The molecule has 0 fully saturated rings. The summed E-state index contributed by atoms with van der Waals surface area (Å²) < 4.78 is 7.12. The Morgan fingerprint density at radius 2 is 1.91 bits per heavy atom. The Morgan fingerprint density at radius 3 is 2.74 bits per heavy atom. The Morgan fingerprint density at radius 1 is 1.12 bits per heavy atom. The van der Waals surface area contributed by atoms with Crippen molar-refractivity contribution >= 4 is 44.5 Å². The van der Waals surface area contributed by atoms with E-state index in [0.29, 0.717) is 29.0 Å². The van der Waals surface area contributed by atoms with Gasteiger partial charge in [0.1, 0.15) is 18.1 Å². The van der Waals surface area contributed by atoms with Crippen molar-refractivity contribution in [2.45, 2.75) is 12.8 Å². The molecule has 0 bridgehead atoms. The van der Waals surface area contributed by atoms with Crippen LogP contribution in [-0.2, 0) is 11.4 Å². The summed E-state index contributed by atoms with van der Waals surface area (Å²) in [6, 6.07) is 23.4. The van der Waals surface area contributed by atoms with Crippen molar-refractivity contribution in [1.82, 2.24) is 10.3 Å². The van der Waals surface area contributed by atoms with Gasteiger partial charge in [0.15, 0.2) is 11.3 Å². The summed E-state index contributed by atoms with van der Waals surface area (Å²) in [4.78, 5) is 18.2. The Hall–Kier alpha value is -3.36. The number of carbonyl (C=O) groups is 1. The zero-order chi connectivity index (χ0) is 23.5. The molecule has 1 N–H and O–H groups in total. The first-order valence-electron chi connectivity index (χ1n) is 10.7. The molecule has 2 heterocycles. The van der Waals surface area contributed by atoms with E-state index >= 15 is 0 Å². The van der Waals surface area contributed by atoms with E-state index in [1.165, 1.54) is 11.8 Å². The van der Waals surface area contributed by atoms with Crippen LogP contribution >= 0.6 is 27.7 Å². The lowest BCUT2D eigenvalue weighted by molar-refractivity contribution is -0.116. The van der Waals surface area contributed by atoms with Crippen LogP contribution in [0.3, 0.4) is 0 Å². The minimum Gasteiger partial charge on any atom is -0.488 e. The topological polar surface area (TPSA) is 66.3 Å². The molecule has 1 unspecified atom stereocenters. The number of nitrogens with one attached hydrogen (secondary N) is 1. The van der Waals surface area contributed by atoms with E-state index in [9.17, 15) is 4.79 Å². The van der Waals surface area contributed by atoms with Gasteiger partial charge in [0.2, 0.25) is 0 Å². The SMILES string of the molecule is C=CCSC1=NN2C(=c3ccccc3=NC2c2cc(Br)ccc2OCc2ccccc2)C(=O)N1. The first kappa shape index (κ1) is 22.4. The Kier molecular flexibility index (Phi) is 6.51. The highest BCUT2D eigenvalue weighted by atomic mass is 79.9. The Balaban J connectivity index is 1.61. The standard InChI is InChI=1S/C26H21BrN4O2S/c1-2-14-34-26-29-25(32)23-19-10-6-7-11-21(19)28-24(31(23)30-26)20-15-18(27)12-13-22(20)33-16-17-8-4-3-5-9-17/h2-13,15,24H,1,14,16H2,(H,29,30,32). The summed E-state index contributed by atoms with van der Waals surface area (Å²) in [7, 11) is 0. The number of benzene rings is 3. The average Bonchev–Trinajstić information content (AvgIpc) is 2.86. The first-order chi connectivity index (χ1) is 16.6. The van der Waals surface area contributed by atoms with Gasteiger partial charge in [-0.25, -0.2) is 5.01 Å². The molecular formula is C26H21BrN4O2S. The van der Waals surface area contributed by atoms with Crippen LogP contribution in [0.15, 0.2) is 100 Å². The maximum absolute atomic E-state index is 13.2. The Bertz CT molecular complexity index is 1410. The first-order valence-corrected chi connectivity index (χ1v) is 12.5. The van der Waals surface area contributed by atoms with E-state index in [-0.39, 0.29) is 5.91 Å². The van der Waals surface area contributed by atoms with Gasteiger partial charge >= 0.3 is 0 Å². The molecule has 0 saturated carbocycles. The second-order valence-corrected chi connectivity index (χ2v) is 9.55. The fourth-order valence-corrected chi connectivity index (χ4v) is 4.79. The van der Waals surface area contributed by atoms with Gasteiger partial charge in [-0.3, -0.25) is 15.1 Å². The van der Waals surface area contributed by atoms with Crippen LogP contribution in [0.4, 0.5) is 0 Å². The molecule has 8 heteroatoms. The number of amidine groups is 1. The van der Waals surface area contributed by atoms with Gasteiger partial charge < -0.3 is 4.74 Å². The highest BCUT2D eigenvalue weighted by molar-refractivity contribution is 9.10. The third kappa shape index (κ3) is 4.51. The molecule has 170 valence electrons. The van der Waals surface area contributed by atoms with Gasteiger partial charge in [0.05, 0.1) is 5.36 Å². The maximum atomic E-state index is 13.2. The van der Waals surface area contributed by atoms with Crippen LogP contribution in [0, 0.1) is 0 Å². The highest BCUT2D eigenvalue weighted by Gasteiger charge is 2.35. The van der Waals surface area contributed by atoms with Gasteiger partial charge in [0.25, 0.3) is 5.91 Å². The highest BCUT2D eigenvalue weighted by Crippen LogP contribution is 2.37. The number of ether oxygens (including phenoxy) is 1. The van der Waals surface area contributed by atoms with Crippen LogP contribution in [0.1, 0.15) is 17.3 Å². The second-order valence-electron chi connectivity index (χ2n) is 7.63. The van der Waals surface area contributed by atoms with Crippen molar-refractivity contribution in [1.29, 1.82) is 0 Å². The molecule has 6 nitrogen and oxygen atoms in total. The van der Waals surface area contributed by atoms with E-state index in [1.807, 2.05) is 72.8 Å². The average molecular weight is 533 g/mol. The molecule has 0 radical (unpaired) electrons. The lowest BCUT2D eigenvalue weighted by atomic mass is 10.1. The minimum absolute atomic E-state index is 0.212. The van der Waals surface area contributed by atoms with Crippen LogP contribution in [0.2, 0.25) is 0 Å². The number of amides is 1. The third-order valence-corrected chi connectivity index (χ3v) is 6.69. The van der Waals surface area contributed by atoms with E-state index < -0.39 is 6.17 Å². The van der Waals surface area contributed by atoms with Crippen molar-refractivity contribution in [3.63, 3.8) is 0 Å². The van der Waals surface area contributed by atoms with Gasteiger partial charge in [-0.2, -0.15) is 0 Å². The molecule has 3 aromatic carbocycles. The lowest BCUT2D eigenvalue weighted by Crippen LogP contribution is -2.50. The zero-order valence-corrected chi connectivity index (χ0v) is 20.6. The van der Waals surface area contributed by atoms with Gasteiger partial charge in [-0.15, -0.1) is 11.7 Å². The molecule has 2 aliphatic rings. The zero-order valence-electron chi connectivity index (χ0n) is 18.1. The number of halogens is 1. The molecule has 0 saturated heterocycles. The normalized spacial score (nSPS) is 16.6. The van der Waals surface area contributed by atoms with Crippen molar-refractivity contribution in [2.75, 3.05) is 5.75 Å². The number of hydrogen-bond acceptors (Lipinski definition) is 6. The smallest absolute Gasteiger partial charge is 0.276 e. The summed E-state index contributed by atoms with van der Waals surface area (Å²) in [5.74, 6) is 1.10.